The quantitative estimate of drug-likeness (QED) is 0.718. The SMILES string of the molecule is CCc1c(C)nn(CCCCCNC2CC2)c1C. The Morgan fingerprint density at radius 1 is 1.22 bits per heavy atom. The second-order valence-corrected chi connectivity index (χ2v) is 5.52. The number of nitrogens with zero attached hydrogens (tertiary/aromatic N) is 2. The summed E-state index contributed by atoms with van der Waals surface area (Å²) in [5.74, 6) is 0. The highest BCUT2D eigenvalue weighted by Gasteiger charge is 2.19. The van der Waals surface area contributed by atoms with Crippen LogP contribution < -0.4 is 5.32 Å². The molecule has 0 amide bonds. The zero-order valence-electron chi connectivity index (χ0n) is 12.1. The average molecular weight is 249 g/mol. The van der Waals surface area contributed by atoms with Gasteiger partial charge < -0.3 is 5.32 Å². The lowest BCUT2D eigenvalue weighted by Gasteiger charge is -2.06. The number of unbranched alkanes of at least 4 members (excludes halogenated alkanes) is 2. The van der Waals surface area contributed by atoms with E-state index in [2.05, 4.69) is 35.9 Å². The van der Waals surface area contributed by atoms with Crippen molar-refractivity contribution in [2.45, 2.75) is 71.9 Å². The second kappa shape index (κ2) is 6.37. The van der Waals surface area contributed by atoms with E-state index in [1.54, 1.807) is 0 Å². The molecule has 0 spiro atoms. The van der Waals surface area contributed by atoms with Crippen LogP contribution in [0.4, 0.5) is 0 Å². The largest absolute Gasteiger partial charge is 0.314 e. The number of aromatic nitrogens is 2. The van der Waals surface area contributed by atoms with Crippen LogP contribution in [0.25, 0.3) is 0 Å². The molecule has 1 saturated carbocycles. The van der Waals surface area contributed by atoms with Gasteiger partial charge >= 0.3 is 0 Å². The molecular formula is C15H27N3. The number of nitrogens with one attached hydrogen (secondary N) is 1. The molecule has 1 aromatic heterocycles. The van der Waals surface area contributed by atoms with Crippen molar-refractivity contribution in [1.82, 2.24) is 15.1 Å². The highest BCUT2D eigenvalue weighted by molar-refractivity contribution is 5.24. The molecule has 1 fully saturated rings. The first-order valence-corrected chi connectivity index (χ1v) is 7.48. The predicted molar refractivity (Wildman–Crippen MR) is 76.0 cm³/mol. The van der Waals surface area contributed by atoms with E-state index in [4.69, 9.17) is 0 Å². The van der Waals surface area contributed by atoms with E-state index in [1.165, 1.54) is 55.6 Å². The minimum atomic E-state index is 0.855. The average Bonchev–Trinajstić information content (AvgIpc) is 3.12. The Morgan fingerprint density at radius 2 is 2.00 bits per heavy atom. The van der Waals surface area contributed by atoms with Gasteiger partial charge in [-0.1, -0.05) is 13.3 Å². The van der Waals surface area contributed by atoms with E-state index in [0.29, 0.717) is 0 Å². The van der Waals surface area contributed by atoms with Crippen LogP contribution in [-0.4, -0.2) is 22.4 Å². The molecule has 3 nitrogen and oxygen atoms in total. The first-order valence-electron chi connectivity index (χ1n) is 7.48. The normalized spacial score (nSPS) is 15.3. The molecule has 1 N–H and O–H groups in total. The van der Waals surface area contributed by atoms with Crippen LogP contribution in [-0.2, 0) is 13.0 Å². The first-order chi connectivity index (χ1) is 8.72. The van der Waals surface area contributed by atoms with Crippen molar-refractivity contribution in [3.63, 3.8) is 0 Å². The molecule has 1 aliphatic carbocycles. The van der Waals surface area contributed by atoms with Crippen LogP contribution in [0.3, 0.4) is 0 Å². The van der Waals surface area contributed by atoms with E-state index in [0.717, 1.165) is 19.0 Å². The van der Waals surface area contributed by atoms with Crippen LogP contribution in [0, 0.1) is 13.8 Å². The van der Waals surface area contributed by atoms with Gasteiger partial charge in [0.2, 0.25) is 0 Å². The number of rotatable bonds is 8. The Balaban J connectivity index is 1.66. The van der Waals surface area contributed by atoms with E-state index < -0.39 is 0 Å². The van der Waals surface area contributed by atoms with E-state index in [1.807, 2.05) is 0 Å². The van der Waals surface area contributed by atoms with Gasteiger partial charge in [0, 0.05) is 18.3 Å². The summed E-state index contributed by atoms with van der Waals surface area (Å²) in [7, 11) is 0. The van der Waals surface area contributed by atoms with Gasteiger partial charge in [-0.3, -0.25) is 4.68 Å². The summed E-state index contributed by atoms with van der Waals surface area (Å²) in [5.41, 5.74) is 4.02. The standard InChI is InChI=1S/C15H27N3/c1-4-15-12(2)17-18(13(15)3)11-7-5-6-10-16-14-8-9-14/h14,16H,4-11H2,1-3H3. The number of hydrogen-bond donors (Lipinski definition) is 1. The maximum absolute atomic E-state index is 4.64. The van der Waals surface area contributed by atoms with Gasteiger partial charge in [0.1, 0.15) is 0 Å². The molecule has 102 valence electrons. The molecule has 1 heterocycles. The zero-order chi connectivity index (χ0) is 13.0. The number of aryl methyl sites for hydroxylation is 2. The van der Waals surface area contributed by atoms with Gasteiger partial charge in [-0.05, 0) is 58.1 Å². The van der Waals surface area contributed by atoms with Crippen molar-refractivity contribution in [1.29, 1.82) is 0 Å². The summed E-state index contributed by atoms with van der Waals surface area (Å²) in [6.45, 7) is 8.82. The van der Waals surface area contributed by atoms with Crippen LogP contribution in [0.5, 0.6) is 0 Å². The molecule has 3 heteroatoms. The fraction of sp³-hybridized carbons (Fsp3) is 0.800. The van der Waals surface area contributed by atoms with Gasteiger partial charge in [-0.2, -0.15) is 5.10 Å². The van der Waals surface area contributed by atoms with Crippen LogP contribution in [0.15, 0.2) is 0 Å². The summed E-state index contributed by atoms with van der Waals surface area (Å²) in [6, 6.07) is 0.855. The minimum Gasteiger partial charge on any atom is -0.314 e. The highest BCUT2D eigenvalue weighted by Crippen LogP contribution is 2.18. The fourth-order valence-corrected chi connectivity index (χ4v) is 2.62. The lowest BCUT2D eigenvalue weighted by molar-refractivity contribution is 0.519. The molecule has 0 radical (unpaired) electrons. The van der Waals surface area contributed by atoms with Crippen LogP contribution in [0.2, 0.25) is 0 Å². The summed E-state index contributed by atoms with van der Waals surface area (Å²) < 4.78 is 2.20. The Hall–Kier alpha value is -0.830. The van der Waals surface area contributed by atoms with Gasteiger partial charge in [-0.25, -0.2) is 0 Å². The van der Waals surface area contributed by atoms with Crippen molar-refractivity contribution in [2.24, 2.45) is 0 Å². The fourth-order valence-electron chi connectivity index (χ4n) is 2.62. The predicted octanol–water partition coefficient (Wildman–Crippen LogP) is 2.98. The second-order valence-electron chi connectivity index (χ2n) is 5.52. The molecule has 1 aromatic rings. The molecule has 0 aromatic carbocycles. The lowest BCUT2D eigenvalue weighted by Crippen LogP contribution is -2.17. The third-order valence-corrected chi connectivity index (χ3v) is 3.94. The smallest absolute Gasteiger partial charge is 0.0628 e. The summed E-state index contributed by atoms with van der Waals surface area (Å²) >= 11 is 0. The molecule has 18 heavy (non-hydrogen) atoms. The van der Waals surface area contributed by atoms with E-state index in [-0.39, 0.29) is 0 Å². The van der Waals surface area contributed by atoms with Crippen molar-refractivity contribution in [3.05, 3.63) is 17.0 Å². The van der Waals surface area contributed by atoms with Crippen LogP contribution in [0.1, 0.15) is 56.0 Å². The van der Waals surface area contributed by atoms with E-state index >= 15 is 0 Å². The number of hydrogen-bond acceptors (Lipinski definition) is 2. The molecule has 0 bridgehead atoms. The molecule has 2 rings (SSSR count). The molecular weight excluding hydrogens is 222 g/mol. The zero-order valence-corrected chi connectivity index (χ0v) is 12.1. The maximum atomic E-state index is 4.64. The van der Waals surface area contributed by atoms with Crippen molar-refractivity contribution >= 4 is 0 Å². The van der Waals surface area contributed by atoms with Crippen molar-refractivity contribution in [2.75, 3.05) is 6.54 Å². The summed E-state index contributed by atoms with van der Waals surface area (Å²) in [5, 5.41) is 8.20. The van der Waals surface area contributed by atoms with E-state index in [9.17, 15) is 0 Å². The third-order valence-electron chi connectivity index (χ3n) is 3.94. The topological polar surface area (TPSA) is 29.9 Å². The van der Waals surface area contributed by atoms with Gasteiger partial charge in [-0.15, -0.1) is 0 Å². The molecule has 0 saturated heterocycles. The Bertz CT molecular complexity index is 377. The maximum Gasteiger partial charge on any atom is 0.0628 e. The van der Waals surface area contributed by atoms with Gasteiger partial charge in [0.15, 0.2) is 0 Å². The van der Waals surface area contributed by atoms with Crippen molar-refractivity contribution < 1.29 is 0 Å². The Morgan fingerprint density at radius 3 is 2.61 bits per heavy atom. The van der Waals surface area contributed by atoms with Gasteiger partial charge in [0.25, 0.3) is 0 Å². The lowest BCUT2D eigenvalue weighted by atomic mass is 10.1. The van der Waals surface area contributed by atoms with Gasteiger partial charge in [0.05, 0.1) is 5.69 Å². The molecule has 1 aliphatic rings. The molecule has 0 atom stereocenters. The summed E-state index contributed by atoms with van der Waals surface area (Å²) in [6.07, 6.45) is 7.74. The third kappa shape index (κ3) is 3.58. The highest BCUT2D eigenvalue weighted by atomic mass is 15.3. The van der Waals surface area contributed by atoms with Crippen molar-refractivity contribution in [3.8, 4) is 0 Å². The summed E-state index contributed by atoms with van der Waals surface area (Å²) in [4.78, 5) is 0. The molecule has 0 aliphatic heterocycles. The first kappa shape index (κ1) is 13.6. The minimum absolute atomic E-state index is 0.855. The molecule has 0 unspecified atom stereocenters. The monoisotopic (exact) mass is 249 g/mol. The Kier molecular flexibility index (Phi) is 4.81. The van der Waals surface area contributed by atoms with Crippen LogP contribution >= 0.6 is 0 Å². The Labute approximate surface area is 111 Å².